The largest absolute Gasteiger partial charge is 0.291 e. The highest BCUT2D eigenvalue weighted by atomic mass is 16.7. The predicted octanol–water partition coefficient (Wildman–Crippen LogP) is 3.62. The van der Waals surface area contributed by atoms with Gasteiger partial charge in [-0.3, -0.25) is 4.84 Å². The van der Waals surface area contributed by atoms with Gasteiger partial charge in [0.2, 0.25) is 0 Å². The summed E-state index contributed by atoms with van der Waals surface area (Å²) in [7, 11) is 0. The Morgan fingerprint density at radius 1 is 0.952 bits per heavy atom. The van der Waals surface area contributed by atoms with E-state index in [9.17, 15) is 0 Å². The van der Waals surface area contributed by atoms with Crippen LogP contribution in [0.2, 0.25) is 0 Å². The van der Waals surface area contributed by atoms with Gasteiger partial charge in [-0.2, -0.15) is 5.06 Å². The molecule has 1 aromatic carbocycles. The van der Waals surface area contributed by atoms with Gasteiger partial charge in [0, 0.05) is 12.0 Å². The van der Waals surface area contributed by atoms with Gasteiger partial charge >= 0.3 is 0 Å². The molecule has 0 N–H and O–H groups in total. The first kappa shape index (κ1) is 10.8. The van der Waals surface area contributed by atoms with E-state index in [1.165, 1.54) is 44.9 Å². The van der Waals surface area contributed by atoms with Crippen LogP contribution in [0, 0.1) is 16.2 Å². The Morgan fingerprint density at radius 3 is 2.33 bits per heavy atom. The van der Waals surface area contributed by atoms with Crippen molar-refractivity contribution in [2.75, 3.05) is 6.54 Å². The minimum Gasteiger partial charge on any atom is -0.291 e. The van der Waals surface area contributed by atoms with Gasteiger partial charge in [-0.15, -0.1) is 0 Å². The summed E-state index contributed by atoms with van der Waals surface area (Å²) in [6.07, 6.45) is 9.78. The molecule has 2 heteroatoms. The molecule has 6 aliphatic rings. The van der Waals surface area contributed by atoms with E-state index in [1.54, 1.807) is 11.1 Å². The summed E-state index contributed by atoms with van der Waals surface area (Å²) in [6.45, 7) is 1.11. The summed E-state index contributed by atoms with van der Waals surface area (Å²) in [4.78, 5) is 6.68. The van der Waals surface area contributed by atoms with E-state index in [2.05, 4.69) is 29.3 Å². The zero-order valence-electron chi connectivity index (χ0n) is 12.4. The molecule has 5 fully saturated rings. The van der Waals surface area contributed by atoms with E-state index in [-0.39, 0.29) is 5.60 Å². The Bertz CT molecular complexity index is 677. The second-order valence-electron chi connectivity index (χ2n) is 8.55. The van der Waals surface area contributed by atoms with Gasteiger partial charge in [-0.1, -0.05) is 24.3 Å². The Balaban J connectivity index is 1.52. The van der Waals surface area contributed by atoms with Crippen molar-refractivity contribution in [2.24, 2.45) is 16.2 Å². The third kappa shape index (κ3) is 0.813. The molecule has 2 heterocycles. The monoisotopic (exact) mass is 279 g/mol. The van der Waals surface area contributed by atoms with Gasteiger partial charge < -0.3 is 0 Å². The lowest BCUT2D eigenvalue weighted by Gasteiger charge is -2.33. The van der Waals surface area contributed by atoms with Crippen molar-refractivity contribution in [2.45, 2.75) is 56.6 Å². The molecular formula is C19H21NO. The van der Waals surface area contributed by atoms with Crippen LogP contribution in [0.5, 0.6) is 0 Å². The minimum absolute atomic E-state index is 0.252. The predicted molar refractivity (Wildman–Crippen MR) is 78.4 cm³/mol. The average Bonchev–Trinajstić information content (AvgIpc) is 3.32. The number of nitrogens with zero attached hydrogens (tertiary/aromatic N) is 1. The van der Waals surface area contributed by atoms with Crippen molar-refractivity contribution >= 4 is 0 Å². The number of benzene rings is 1. The van der Waals surface area contributed by atoms with Crippen molar-refractivity contribution in [3.63, 3.8) is 0 Å². The number of rotatable bonds is 0. The molecular weight excluding hydrogens is 258 g/mol. The molecule has 1 unspecified atom stereocenters. The lowest BCUT2D eigenvalue weighted by molar-refractivity contribution is -0.176. The number of hydrogen-bond acceptors (Lipinski definition) is 2. The van der Waals surface area contributed by atoms with Gasteiger partial charge in [-0.05, 0) is 66.9 Å². The maximum Gasteiger partial charge on any atom is 0.0988 e. The van der Waals surface area contributed by atoms with Crippen LogP contribution in [0.1, 0.15) is 55.7 Å². The fourth-order valence-electron chi connectivity index (χ4n) is 7.50. The zero-order chi connectivity index (χ0) is 13.5. The molecule has 0 radical (unpaired) electrons. The van der Waals surface area contributed by atoms with E-state index >= 15 is 0 Å². The fourth-order valence-corrected chi connectivity index (χ4v) is 7.50. The van der Waals surface area contributed by atoms with E-state index in [4.69, 9.17) is 4.84 Å². The molecule has 4 spiro atoms. The van der Waals surface area contributed by atoms with Gasteiger partial charge in [0.1, 0.15) is 0 Å². The molecule has 0 bridgehead atoms. The Hall–Kier alpha value is -0.860. The van der Waals surface area contributed by atoms with E-state index < -0.39 is 0 Å². The summed E-state index contributed by atoms with van der Waals surface area (Å²) < 4.78 is 0. The summed E-state index contributed by atoms with van der Waals surface area (Å²) in [5, 5.41) is 2.43. The highest BCUT2D eigenvalue weighted by molar-refractivity contribution is 5.54. The number of fused-ring (bicyclic) bond motifs is 8. The molecule has 1 atom stereocenters. The second kappa shape index (κ2) is 2.72. The molecule has 7 rings (SSSR count). The molecule has 2 aliphatic heterocycles. The smallest absolute Gasteiger partial charge is 0.0988 e. The Labute approximate surface area is 125 Å². The van der Waals surface area contributed by atoms with Crippen LogP contribution < -0.4 is 0 Å². The number of hydroxylamine groups is 2. The van der Waals surface area contributed by atoms with E-state index in [1.807, 2.05) is 0 Å². The first-order valence-electron chi connectivity index (χ1n) is 8.84. The summed E-state index contributed by atoms with van der Waals surface area (Å²) in [5.41, 5.74) is 5.35. The highest BCUT2D eigenvalue weighted by Crippen LogP contribution is 3.06. The average molecular weight is 279 g/mol. The maximum absolute atomic E-state index is 6.68. The fraction of sp³-hybridized carbons (Fsp3) is 0.684. The van der Waals surface area contributed by atoms with Crippen molar-refractivity contribution in [1.82, 2.24) is 5.06 Å². The van der Waals surface area contributed by atoms with Crippen molar-refractivity contribution < 1.29 is 4.84 Å². The molecule has 0 aromatic heterocycles. The van der Waals surface area contributed by atoms with Gasteiger partial charge in [-0.25, -0.2) is 0 Å². The van der Waals surface area contributed by atoms with Crippen LogP contribution in [-0.2, 0) is 11.3 Å². The van der Waals surface area contributed by atoms with Crippen LogP contribution in [0.15, 0.2) is 24.3 Å². The molecule has 4 aliphatic carbocycles. The quantitative estimate of drug-likeness (QED) is 0.719. The van der Waals surface area contributed by atoms with Crippen LogP contribution in [0.4, 0.5) is 0 Å². The summed E-state index contributed by atoms with van der Waals surface area (Å²) in [6, 6.07) is 9.81. The molecule has 21 heavy (non-hydrogen) atoms. The maximum atomic E-state index is 6.68. The first-order valence-corrected chi connectivity index (χ1v) is 8.84. The third-order valence-corrected chi connectivity index (χ3v) is 8.23. The molecule has 1 aromatic rings. The summed E-state index contributed by atoms with van der Waals surface area (Å²) in [5.74, 6) is 0. The molecule has 2 nitrogen and oxygen atoms in total. The Kier molecular flexibility index (Phi) is 1.40. The normalized spacial score (nSPS) is 39.5. The summed E-state index contributed by atoms with van der Waals surface area (Å²) >= 11 is 0. The molecule has 4 saturated carbocycles. The standard InChI is InChI=1S/C19H21NO/c1-2-4-14-13(3-1)5-12-20-15(14)19(18(21-20)10-11-18)16(6-7-16)17(19)8-9-17/h1-4,15H,5-12H2. The van der Waals surface area contributed by atoms with Crippen LogP contribution in [0.25, 0.3) is 0 Å². The number of hydrogen-bond donors (Lipinski definition) is 0. The topological polar surface area (TPSA) is 12.5 Å². The molecule has 108 valence electrons. The second-order valence-corrected chi connectivity index (χ2v) is 8.55. The van der Waals surface area contributed by atoms with E-state index in [0.717, 1.165) is 6.54 Å². The lowest BCUT2D eigenvalue weighted by atomic mass is 9.77. The molecule has 0 amide bonds. The van der Waals surface area contributed by atoms with Crippen molar-refractivity contribution in [1.29, 1.82) is 0 Å². The van der Waals surface area contributed by atoms with Crippen LogP contribution in [0.3, 0.4) is 0 Å². The van der Waals surface area contributed by atoms with Gasteiger partial charge in [0.25, 0.3) is 0 Å². The van der Waals surface area contributed by atoms with Crippen molar-refractivity contribution in [3.05, 3.63) is 35.4 Å². The molecule has 1 saturated heterocycles. The first-order chi connectivity index (χ1) is 10.3. The lowest BCUT2D eigenvalue weighted by Crippen LogP contribution is -2.34. The highest BCUT2D eigenvalue weighted by Gasteiger charge is 3.04. The van der Waals surface area contributed by atoms with Crippen LogP contribution in [-0.4, -0.2) is 17.2 Å². The van der Waals surface area contributed by atoms with Crippen LogP contribution >= 0.6 is 0 Å². The van der Waals surface area contributed by atoms with E-state index in [0.29, 0.717) is 22.3 Å². The zero-order valence-corrected chi connectivity index (χ0v) is 12.4. The third-order valence-electron chi connectivity index (χ3n) is 8.23. The van der Waals surface area contributed by atoms with Crippen molar-refractivity contribution in [3.8, 4) is 0 Å². The Morgan fingerprint density at radius 2 is 1.67 bits per heavy atom. The van der Waals surface area contributed by atoms with Gasteiger partial charge in [0.15, 0.2) is 0 Å². The SMILES string of the molecule is c1ccc2c(c1)CCN1OC3(CC3)C3(C21)C1(CC1)C31CC1. The minimum atomic E-state index is 0.252. The van der Waals surface area contributed by atoms with Gasteiger partial charge in [0.05, 0.1) is 11.6 Å².